The number of aromatic nitrogens is 2. The fourth-order valence-corrected chi connectivity index (χ4v) is 2.23. The second-order valence-corrected chi connectivity index (χ2v) is 5.17. The summed E-state index contributed by atoms with van der Waals surface area (Å²) in [5.41, 5.74) is 0. The van der Waals surface area contributed by atoms with E-state index in [1.807, 2.05) is 12.3 Å². The molecule has 1 saturated heterocycles. The lowest BCUT2D eigenvalue weighted by molar-refractivity contribution is -0.119. The average molecular weight is 281 g/mol. The molecule has 2 rings (SSSR count). The number of rotatable bonds is 6. The molecule has 0 saturated carbocycles. The standard InChI is InChI=1S/C12H19N5OS/c1-3-4-13-9-6-10(17-12(16-9)19-2)15-8-5-11(18)14-7-8/h6,8H,3-5,7H2,1-2H3,(H,14,18)(H2,13,15,16,17). The van der Waals surface area contributed by atoms with Gasteiger partial charge in [0, 0.05) is 25.6 Å². The molecule has 0 bridgehead atoms. The van der Waals surface area contributed by atoms with Gasteiger partial charge in [-0.15, -0.1) is 0 Å². The molecule has 6 nitrogen and oxygen atoms in total. The van der Waals surface area contributed by atoms with Crippen molar-refractivity contribution in [2.75, 3.05) is 30.0 Å². The Morgan fingerprint density at radius 1 is 1.47 bits per heavy atom. The molecule has 1 aliphatic rings. The minimum atomic E-state index is 0.0842. The number of carbonyl (C=O) groups is 1. The Hall–Kier alpha value is -1.50. The van der Waals surface area contributed by atoms with Gasteiger partial charge in [-0.25, -0.2) is 9.97 Å². The van der Waals surface area contributed by atoms with Crippen molar-refractivity contribution in [1.29, 1.82) is 0 Å². The van der Waals surface area contributed by atoms with Crippen LogP contribution in [-0.2, 0) is 4.79 Å². The number of thioether (sulfide) groups is 1. The van der Waals surface area contributed by atoms with Gasteiger partial charge in [0.25, 0.3) is 0 Å². The van der Waals surface area contributed by atoms with E-state index < -0.39 is 0 Å². The maximum Gasteiger partial charge on any atom is 0.222 e. The molecule has 7 heteroatoms. The van der Waals surface area contributed by atoms with Crippen molar-refractivity contribution in [3.63, 3.8) is 0 Å². The van der Waals surface area contributed by atoms with E-state index in [1.54, 1.807) is 0 Å². The van der Waals surface area contributed by atoms with E-state index in [4.69, 9.17) is 0 Å². The SMILES string of the molecule is CCCNc1cc(NC2CNC(=O)C2)nc(SC)n1. The minimum Gasteiger partial charge on any atom is -0.370 e. The Bertz CT molecular complexity index is 454. The molecular weight excluding hydrogens is 262 g/mol. The topological polar surface area (TPSA) is 78.9 Å². The quantitative estimate of drug-likeness (QED) is 0.539. The molecule has 0 aromatic carbocycles. The average Bonchev–Trinajstić information content (AvgIpc) is 2.81. The molecular formula is C12H19N5OS. The summed E-state index contributed by atoms with van der Waals surface area (Å²) in [4.78, 5) is 20.0. The number of nitrogens with one attached hydrogen (secondary N) is 3. The van der Waals surface area contributed by atoms with E-state index in [1.165, 1.54) is 11.8 Å². The molecule has 0 radical (unpaired) electrons. The smallest absolute Gasteiger partial charge is 0.222 e. The lowest BCUT2D eigenvalue weighted by atomic mass is 10.2. The highest BCUT2D eigenvalue weighted by molar-refractivity contribution is 7.98. The Kier molecular flexibility index (Phi) is 4.84. The van der Waals surface area contributed by atoms with E-state index in [-0.39, 0.29) is 11.9 Å². The van der Waals surface area contributed by atoms with Crippen molar-refractivity contribution < 1.29 is 4.79 Å². The molecule has 2 heterocycles. The zero-order valence-corrected chi connectivity index (χ0v) is 12.0. The van der Waals surface area contributed by atoms with Crippen LogP contribution in [-0.4, -0.2) is 41.3 Å². The van der Waals surface area contributed by atoms with E-state index in [0.29, 0.717) is 13.0 Å². The highest BCUT2D eigenvalue weighted by Crippen LogP contribution is 2.19. The van der Waals surface area contributed by atoms with Gasteiger partial charge in [-0.05, 0) is 12.7 Å². The summed E-state index contributed by atoms with van der Waals surface area (Å²) in [6, 6.07) is 1.99. The predicted molar refractivity (Wildman–Crippen MR) is 77.6 cm³/mol. The van der Waals surface area contributed by atoms with Crippen LogP contribution in [0.25, 0.3) is 0 Å². The zero-order valence-electron chi connectivity index (χ0n) is 11.2. The van der Waals surface area contributed by atoms with Gasteiger partial charge in [-0.2, -0.15) is 0 Å². The van der Waals surface area contributed by atoms with Crippen LogP contribution >= 0.6 is 11.8 Å². The highest BCUT2D eigenvalue weighted by Gasteiger charge is 2.21. The third-order valence-corrected chi connectivity index (χ3v) is 3.32. The minimum absolute atomic E-state index is 0.0842. The van der Waals surface area contributed by atoms with Crippen molar-refractivity contribution in [2.24, 2.45) is 0 Å². The second kappa shape index (κ2) is 6.60. The van der Waals surface area contributed by atoms with E-state index in [0.717, 1.165) is 29.8 Å². The van der Waals surface area contributed by atoms with Crippen molar-refractivity contribution in [2.45, 2.75) is 31.0 Å². The van der Waals surface area contributed by atoms with E-state index in [2.05, 4.69) is 32.8 Å². The van der Waals surface area contributed by atoms with Crippen LogP contribution in [0, 0.1) is 0 Å². The van der Waals surface area contributed by atoms with Gasteiger partial charge >= 0.3 is 0 Å². The fraction of sp³-hybridized carbons (Fsp3) is 0.583. The van der Waals surface area contributed by atoms with Crippen molar-refractivity contribution in [3.8, 4) is 0 Å². The number of nitrogens with zero attached hydrogens (tertiary/aromatic N) is 2. The first-order valence-electron chi connectivity index (χ1n) is 6.41. The molecule has 1 fully saturated rings. The lowest BCUT2D eigenvalue weighted by Crippen LogP contribution is -2.23. The largest absolute Gasteiger partial charge is 0.370 e. The van der Waals surface area contributed by atoms with Crippen LogP contribution in [0.1, 0.15) is 19.8 Å². The molecule has 1 aromatic rings. The van der Waals surface area contributed by atoms with Gasteiger partial charge in [0.2, 0.25) is 5.91 Å². The molecule has 104 valence electrons. The summed E-state index contributed by atoms with van der Waals surface area (Å²) in [6.45, 7) is 3.64. The molecule has 1 amide bonds. The molecule has 0 spiro atoms. The Morgan fingerprint density at radius 3 is 2.89 bits per heavy atom. The lowest BCUT2D eigenvalue weighted by Gasteiger charge is -2.13. The maximum atomic E-state index is 11.2. The Morgan fingerprint density at radius 2 is 2.26 bits per heavy atom. The molecule has 3 N–H and O–H groups in total. The predicted octanol–water partition coefficient (Wildman–Crippen LogP) is 1.32. The molecule has 1 aromatic heterocycles. The number of hydrogen-bond acceptors (Lipinski definition) is 6. The van der Waals surface area contributed by atoms with Gasteiger partial charge in [0.15, 0.2) is 5.16 Å². The number of amides is 1. The molecule has 1 aliphatic heterocycles. The molecule has 1 unspecified atom stereocenters. The van der Waals surface area contributed by atoms with E-state index in [9.17, 15) is 4.79 Å². The summed E-state index contributed by atoms with van der Waals surface area (Å²) in [5, 5.41) is 10.1. The first-order chi connectivity index (χ1) is 9.21. The van der Waals surface area contributed by atoms with Crippen molar-refractivity contribution >= 4 is 29.3 Å². The third kappa shape index (κ3) is 3.99. The summed E-state index contributed by atoms with van der Waals surface area (Å²) in [7, 11) is 0. The van der Waals surface area contributed by atoms with Gasteiger partial charge < -0.3 is 16.0 Å². The first-order valence-corrected chi connectivity index (χ1v) is 7.64. The highest BCUT2D eigenvalue weighted by atomic mass is 32.2. The number of carbonyl (C=O) groups excluding carboxylic acids is 1. The van der Waals surface area contributed by atoms with Crippen LogP contribution in [0.2, 0.25) is 0 Å². The number of anilines is 2. The van der Waals surface area contributed by atoms with E-state index >= 15 is 0 Å². The van der Waals surface area contributed by atoms with Gasteiger partial charge in [-0.1, -0.05) is 18.7 Å². The third-order valence-electron chi connectivity index (χ3n) is 2.77. The fourth-order valence-electron chi connectivity index (χ4n) is 1.85. The second-order valence-electron chi connectivity index (χ2n) is 4.40. The van der Waals surface area contributed by atoms with Crippen molar-refractivity contribution in [3.05, 3.63) is 6.07 Å². The Labute approximate surface area is 117 Å². The molecule has 0 aliphatic carbocycles. The number of hydrogen-bond donors (Lipinski definition) is 3. The van der Waals surface area contributed by atoms with Crippen LogP contribution in [0.4, 0.5) is 11.6 Å². The summed E-state index contributed by atoms with van der Waals surface area (Å²) in [6.07, 6.45) is 3.49. The Balaban J connectivity index is 2.07. The summed E-state index contributed by atoms with van der Waals surface area (Å²) in [5.74, 6) is 1.67. The zero-order chi connectivity index (χ0) is 13.7. The first kappa shape index (κ1) is 13.9. The van der Waals surface area contributed by atoms with Gasteiger partial charge in [0.05, 0.1) is 6.04 Å². The van der Waals surface area contributed by atoms with Crippen LogP contribution in [0.3, 0.4) is 0 Å². The van der Waals surface area contributed by atoms with Gasteiger partial charge in [-0.3, -0.25) is 4.79 Å². The summed E-state index contributed by atoms with van der Waals surface area (Å²) < 4.78 is 0. The normalized spacial score (nSPS) is 18.2. The summed E-state index contributed by atoms with van der Waals surface area (Å²) >= 11 is 1.50. The van der Waals surface area contributed by atoms with Crippen LogP contribution in [0.15, 0.2) is 11.2 Å². The monoisotopic (exact) mass is 281 g/mol. The van der Waals surface area contributed by atoms with Crippen LogP contribution < -0.4 is 16.0 Å². The van der Waals surface area contributed by atoms with Crippen molar-refractivity contribution in [1.82, 2.24) is 15.3 Å². The maximum absolute atomic E-state index is 11.2. The van der Waals surface area contributed by atoms with Crippen LogP contribution in [0.5, 0.6) is 0 Å². The molecule has 19 heavy (non-hydrogen) atoms. The van der Waals surface area contributed by atoms with Gasteiger partial charge in [0.1, 0.15) is 11.6 Å². The molecule has 1 atom stereocenters.